The minimum Gasteiger partial charge on any atom is -0.0654 e. The molecule has 0 fully saturated rings. The molecule has 102 valence electrons. The monoisotopic (exact) mass is 246 g/mol. The lowest BCUT2D eigenvalue weighted by Crippen LogP contribution is -1.98. The lowest BCUT2D eigenvalue weighted by Gasteiger charge is -2.16. The van der Waals surface area contributed by atoms with E-state index in [0.29, 0.717) is 0 Å². The molecular weight excluding hydrogens is 216 g/mol. The molecule has 1 rings (SSSR count). The molecule has 0 bridgehead atoms. The van der Waals surface area contributed by atoms with Crippen LogP contribution in [-0.4, -0.2) is 0 Å². The molecule has 0 amide bonds. The van der Waals surface area contributed by atoms with Crippen LogP contribution in [0, 0.1) is 0 Å². The highest BCUT2D eigenvalue weighted by Gasteiger charge is 2.09. The van der Waals surface area contributed by atoms with E-state index >= 15 is 0 Å². The van der Waals surface area contributed by atoms with Crippen molar-refractivity contribution < 1.29 is 0 Å². The van der Waals surface area contributed by atoms with Gasteiger partial charge in [0.25, 0.3) is 0 Å². The van der Waals surface area contributed by atoms with Gasteiger partial charge in [-0.3, -0.25) is 0 Å². The topological polar surface area (TPSA) is 0 Å². The molecule has 0 heterocycles. The summed E-state index contributed by atoms with van der Waals surface area (Å²) in [5.74, 6) is 0.794. The standard InChI is InChI=1S/C18H30/c1-3-5-6-7-8-10-14-17(13-4-2)18-15-11-9-12-16-18/h9,11-12,15-17H,3-8,10,13-14H2,1-2H3. The summed E-state index contributed by atoms with van der Waals surface area (Å²) < 4.78 is 0. The van der Waals surface area contributed by atoms with Gasteiger partial charge < -0.3 is 0 Å². The summed E-state index contributed by atoms with van der Waals surface area (Å²) >= 11 is 0. The largest absolute Gasteiger partial charge is 0.0654 e. The molecule has 0 saturated heterocycles. The number of benzene rings is 1. The summed E-state index contributed by atoms with van der Waals surface area (Å²) in [7, 11) is 0. The van der Waals surface area contributed by atoms with Crippen LogP contribution in [0.1, 0.15) is 83.1 Å². The Morgan fingerprint density at radius 3 is 2.06 bits per heavy atom. The lowest BCUT2D eigenvalue weighted by molar-refractivity contribution is 0.512. The van der Waals surface area contributed by atoms with Crippen LogP contribution in [0.5, 0.6) is 0 Å². The van der Waals surface area contributed by atoms with Gasteiger partial charge in [0.15, 0.2) is 0 Å². The molecule has 1 atom stereocenters. The number of unbranched alkanes of at least 4 members (excludes halogenated alkanes) is 5. The van der Waals surface area contributed by atoms with Crippen molar-refractivity contribution in [1.82, 2.24) is 0 Å². The maximum absolute atomic E-state index is 2.30. The molecule has 0 aliphatic carbocycles. The highest BCUT2D eigenvalue weighted by atomic mass is 14.1. The fourth-order valence-electron chi connectivity index (χ4n) is 2.72. The third kappa shape index (κ3) is 6.23. The Hall–Kier alpha value is -0.780. The molecule has 0 nitrogen and oxygen atoms in total. The smallest absolute Gasteiger partial charge is 0.0162 e. The molecule has 1 aromatic rings. The van der Waals surface area contributed by atoms with Crippen molar-refractivity contribution in [2.75, 3.05) is 0 Å². The van der Waals surface area contributed by atoms with Crippen molar-refractivity contribution in [2.24, 2.45) is 0 Å². The first kappa shape index (κ1) is 15.3. The van der Waals surface area contributed by atoms with E-state index in [9.17, 15) is 0 Å². The van der Waals surface area contributed by atoms with Crippen molar-refractivity contribution >= 4 is 0 Å². The van der Waals surface area contributed by atoms with Gasteiger partial charge in [-0.15, -0.1) is 0 Å². The molecule has 0 aliphatic heterocycles. The first-order valence-electron chi connectivity index (χ1n) is 7.93. The quantitative estimate of drug-likeness (QED) is 0.424. The van der Waals surface area contributed by atoms with Gasteiger partial charge in [0.05, 0.1) is 0 Å². The Labute approximate surface area is 114 Å². The van der Waals surface area contributed by atoms with Gasteiger partial charge in [0.2, 0.25) is 0 Å². The van der Waals surface area contributed by atoms with E-state index in [1.165, 1.54) is 57.8 Å². The second-order valence-electron chi connectivity index (χ2n) is 5.45. The Morgan fingerprint density at radius 1 is 0.722 bits per heavy atom. The highest BCUT2D eigenvalue weighted by Crippen LogP contribution is 2.27. The third-order valence-corrected chi connectivity index (χ3v) is 3.81. The molecule has 1 unspecified atom stereocenters. The van der Waals surface area contributed by atoms with Gasteiger partial charge >= 0.3 is 0 Å². The van der Waals surface area contributed by atoms with Crippen LogP contribution in [0.25, 0.3) is 0 Å². The maximum atomic E-state index is 2.30. The normalized spacial score (nSPS) is 12.6. The van der Waals surface area contributed by atoms with Crippen LogP contribution in [0.15, 0.2) is 30.3 Å². The van der Waals surface area contributed by atoms with Crippen molar-refractivity contribution in [2.45, 2.75) is 77.6 Å². The molecule has 0 aliphatic rings. The Balaban J connectivity index is 2.26. The summed E-state index contributed by atoms with van der Waals surface area (Å²) in [5, 5.41) is 0. The second-order valence-corrected chi connectivity index (χ2v) is 5.45. The van der Waals surface area contributed by atoms with E-state index in [-0.39, 0.29) is 0 Å². The van der Waals surface area contributed by atoms with E-state index in [2.05, 4.69) is 44.2 Å². The van der Waals surface area contributed by atoms with Crippen LogP contribution in [0.3, 0.4) is 0 Å². The van der Waals surface area contributed by atoms with E-state index in [1.807, 2.05) is 0 Å². The van der Waals surface area contributed by atoms with E-state index in [0.717, 1.165) is 5.92 Å². The van der Waals surface area contributed by atoms with E-state index < -0.39 is 0 Å². The Kier molecular flexibility index (Phi) is 8.63. The molecule has 1 aromatic carbocycles. The summed E-state index contributed by atoms with van der Waals surface area (Å²) in [6.07, 6.45) is 12.5. The van der Waals surface area contributed by atoms with Crippen molar-refractivity contribution in [3.63, 3.8) is 0 Å². The number of rotatable bonds is 10. The average molecular weight is 246 g/mol. The molecule has 0 aromatic heterocycles. The number of hydrogen-bond acceptors (Lipinski definition) is 0. The molecule has 0 N–H and O–H groups in total. The Morgan fingerprint density at radius 2 is 1.39 bits per heavy atom. The minimum absolute atomic E-state index is 0.794. The number of hydrogen-bond donors (Lipinski definition) is 0. The third-order valence-electron chi connectivity index (χ3n) is 3.81. The van der Waals surface area contributed by atoms with Crippen molar-refractivity contribution in [3.05, 3.63) is 35.9 Å². The molecular formula is C18H30. The van der Waals surface area contributed by atoms with Crippen LogP contribution in [0.4, 0.5) is 0 Å². The van der Waals surface area contributed by atoms with Crippen molar-refractivity contribution in [3.8, 4) is 0 Å². The summed E-state index contributed by atoms with van der Waals surface area (Å²) in [4.78, 5) is 0. The highest BCUT2D eigenvalue weighted by molar-refractivity contribution is 5.19. The van der Waals surface area contributed by atoms with Crippen LogP contribution >= 0.6 is 0 Å². The van der Waals surface area contributed by atoms with E-state index in [1.54, 1.807) is 5.56 Å². The van der Waals surface area contributed by atoms with Crippen LogP contribution in [-0.2, 0) is 0 Å². The zero-order valence-corrected chi connectivity index (χ0v) is 12.3. The minimum atomic E-state index is 0.794. The molecule has 0 radical (unpaired) electrons. The fraction of sp³-hybridized carbons (Fsp3) is 0.667. The maximum Gasteiger partial charge on any atom is -0.0162 e. The fourth-order valence-corrected chi connectivity index (χ4v) is 2.72. The van der Waals surface area contributed by atoms with Gasteiger partial charge in [0, 0.05) is 0 Å². The van der Waals surface area contributed by atoms with Gasteiger partial charge in [-0.25, -0.2) is 0 Å². The molecule has 0 heteroatoms. The van der Waals surface area contributed by atoms with Gasteiger partial charge in [-0.05, 0) is 24.3 Å². The van der Waals surface area contributed by atoms with Gasteiger partial charge in [-0.2, -0.15) is 0 Å². The lowest BCUT2D eigenvalue weighted by atomic mass is 9.89. The zero-order chi connectivity index (χ0) is 13.1. The van der Waals surface area contributed by atoms with Crippen LogP contribution < -0.4 is 0 Å². The summed E-state index contributed by atoms with van der Waals surface area (Å²) in [5.41, 5.74) is 1.55. The van der Waals surface area contributed by atoms with Crippen LogP contribution in [0.2, 0.25) is 0 Å². The predicted molar refractivity (Wildman–Crippen MR) is 82.1 cm³/mol. The molecule has 0 saturated carbocycles. The predicted octanol–water partition coefficient (Wildman–Crippen LogP) is 6.32. The summed E-state index contributed by atoms with van der Waals surface area (Å²) in [6, 6.07) is 11.1. The first-order valence-corrected chi connectivity index (χ1v) is 7.93. The Bertz CT molecular complexity index is 275. The van der Waals surface area contributed by atoms with Gasteiger partial charge in [0.1, 0.15) is 0 Å². The molecule has 0 spiro atoms. The first-order chi connectivity index (χ1) is 8.88. The average Bonchev–Trinajstić information content (AvgIpc) is 2.42. The zero-order valence-electron chi connectivity index (χ0n) is 12.3. The van der Waals surface area contributed by atoms with Crippen molar-refractivity contribution in [1.29, 1.82) is 0 Å². The SMILES string of the molecule is CCCCCCCCC(CCC)c1ccccc1. The summed E-state index contributed by atoms with van der Waals surface area (Å²) in [6.45, 7) is 4.59. The molecule has 18 heavy (non-hydrogen) atoms. The van der Waals surface area contributed by atoms with E-state index in [4.69, 9.17) is 0 Å². The second kappa shape index (κ2) is 10.2. The van der Waals surface area contributed by atoms with Gasteiger partial charge in [-0.1, -0.05) is 89.1 Å².